The number of hydrogen-bond donors (Lipinski definition) is 1. The molecule has 1 saturated carbocycles. The predicted octanol–water partition coefficient (Wildman–Crippen LogP) is 2.54. The average molecular weight is 192 g/mol. The first-order valence-corrected chi connectivity index (χ1v) is 5.30. The van der Waals surface area contributed by atoms with E-state index in [0.29, 0.717) is 5.92 Å². The van der Waals surface area contributed by atoms with Crippen LogP contribution in [0.3, 0.4) is 0 Å². The van der Waals surface area contributed by atoms with Crippen LogP contribution < -0.4 is 0 Å². The second kappa shape index (κ2) is 3.95. The van der Waals surface area contributed by atoms with Crippen LogP contribution in [-0.2, 0) is 0 Å². The summed E-state index contributed by atoms with van der Waals surface area (Å²) in [7, 11) is 0. The molecule has 0 aromatic carbocycles. The van der Waals surface area contributed by atoms with Crippen LogP contribution in [-0.4, -0.2) is 15.1 Å². The lowest BCUT2D eigenvalue weighted by atomic mass is 9.88. The minimum atomic E-state index is 0.109. The van der Waals surface area contributed by atoms with E-state index >= 15 is 0 Å². The normalized spacial score (nSPS) is 18.4. The molecule has 0 bridgehead atoms. The van der Waals surface area contributed by atoms with E-state index in [0.717, 1.165) is 11.5 Å². The standard InChI is InChI=1S/C11H16N2O/c1-8-7-10(14)13-11(12-8)9-5-3-2-4-6-9/h7,9H,2-6H2,1H3,(H,12,13,14). The van der Waals surface area contributed by atoms with Crippen molar-refractivity contribution >= 4 is 0 Å². The third-order valence-electron chi connectivity index (χ3n) is 2.83. The van der Waals surface area contributed by atoms with Crippen molar-refractivity contribution in [1.82, 2.24) is 9.97 Å². The van der Waals surface area contributed by atoms with Gasteiger partial charge >= 0.3 is 0 Å². The number of aromatic hydroxyl groups is 1. The zero-order chi connectivity index (χ0) is 9.97. The Labute approximate surface area is 84.2 Å². The van der Waals surface area contributed by atoms with Crippen molar-refractivity contribution < 1.29 is 5.11 Å². The Hall–Kier alpha value is -1.12. The third-order valence-corrected chi connectivity index (χ3v) is 2.83. The largest absolute Gasteiger partial charge is 0.493 e. The van der Waals surface area contributed by atoms with Gasteiger partial charge in [0.05, 0.1) is 0 Å². The van der Waals surface area contributed by atoms with Crippen LogP contribution in [0.1, 0.15) is 49.5 Å². The molecule has 3 heteroatoms. The van der Waals surface area contributed by atoms with Crippen molar-refractivity contribution in [3.63, 3.8) is 0 Å². The summed E-state index contributed by atoms with van der Waals surface area (Å²) in [4.78, 5) is 8.49. The summed E-state index contributed by atoms with van der Waals surface area (Å²) in [5.74, 6) is 1.41. The molecule has 2 rings (SSSR count). The van der Waals surface area contributed by atoms with Gasteiger partial charge in [0.2, 0.25) is 5.88 Å². The fourth-order valence-electron chi connectivity index (χ4n) is 2.12. The molecule has 0 unspecified atom stereocenters. The molecule has 0 saturated heterocycles. The maximum Gasteiger partial charge on any atom is 0.214 e. The molecule has 0 atom stereocenters. The summed E-state index contributed by atoms with van der Waals surface area (Å²) < 4.78 is 0. The first kappa shape index (κ1) is 9.44. The number of aryl methyl sites for hydroxylation is 1. The molecule has 0 aliphatic heterocycles. The van der Waals surface area contributed by atoms with Crippen LogP contribution in [0.15, 0.2) is 6.07 Å². The van der Waals surface area contributed by atoms with Gasteiger partial charge in [-0.25, -0.2) is 4.98 Å². The van der Waals surface area contributed by atoms with Crippen molar-refractivity contribution in [1.29, 1.82) is 0 Å². The van der Waals surface area contributed by atoms with Gasteiger partial charge in [-0.05, 0) is 19.8 Å². The van der Waals surface area contributed by atoms with Crippen molar-refractivity contribution in [3.8, 4) is 5.88 Å². The van der Waals surface area contributed by atoms with Crippen molar-refractivity contribution in [2.75, 3.05) is 0 Å². The highest BCUT2D eigenvalue weighted by atomic mass is 16.3. The van der Waals surface area contributed by atoms with Crippen LogP contribution >= 0.6 is 0 Å². The quantitative estimate of drug-likeness (QED) is 0.743. The molecule has 76 valence electrons. The minimum absolute atomic E-state index is 0.109. The Morgan fingerprint density at radius 1 is 1.21 bits per heavy atom. The van der Waals surface area contributed by atoms with Crippen molar-refractivity contribution in [2.24, 2.45) is 0 Å². The Balaban J connectivity index is 2.21. The predicted molar refractivity (Wildman–Crippen MR) is 54.3 cm³/mol. The SMILES string of the molecule is Cc1cc(O)nc(C2CCCCC2)n1. The van der Waals surface area contributed by atoms with Crippen LogP contribution in [0, 0.1) is 6.92 Å². The summed E-state index contributed by atoms with van der Waals surface area (Å²) >= 11 is 0. The molecular weight excluding hydrogens is 176 g/mol. The van der Waals surface area contributed by atoms with E-state index in [1.165, 1.54) is 32.1 Å². The monoisotopic (exact) mass is 192 g/mol. The van der Waals surface area contributed by atoms with Gasteiger partial charge in [0, 0.05) is 17.7 Å². The lowest BCUT2D eigenvalue weighted by Crippen LogP contribution is -2.09. The minimum Gasteiger partial charge on any atom is -0.493 e. The highest BCUT2D eigenvalue weighted by Crippen LogP contribution is 2.31. The summed E-state index contributed by atoms with van der Waals surface area (Å²) in [6.45, 7) is 1.90. The Morgan fingerprint density at radius 3 is 2.57 bits per heavy atom. The molecular formula is C11H16N2O. The fourth-order valence-corrected chi connectivity index (χ4v) is 2.12. The fraction of sp³-hybridized carbons (Fsp3) is 0.636. The van der Waals surface area contributed by atoms with Gasteiger partial charge in [-0.2, -0.15) is 4.98 Å². The van der Waals surface area contributed by atoms with Crippen LogP contribution in [0.2, 0.25) is 0 Å². The van der Waals surface area contributed by atoms with Gasteiger partial charge in [-0.15, -0.1) is 0 Å². The molecule has 14 heavy (non-hydrogen) atoms. The van der Waals surface area contributed by atoms with E-state index in [4.69, 9.17) is 0 Å². The highest BCUT2D eigenvalue weighted by molar-refractivity contribution is 5.15. The van der Waals surface area contributed by atoms with E-state index < -0.39 is 0 Å². The second-order valence-electron chi connectivity index (χ2n) is 4.06. The Bertz CT molecular complexity index is 299. The summed E-state index contributed by atoms with van der Waals surface area (Å²) in [6, 6.07) is 1.60. The van der Waals surface area contributed by atoms with Gasteiger partial charge in [0.1, 0.15) is 5.82 Å². The van der Waals surface area contributed by atoms with Crippen molar-refractivity contribution in [2.45, 2.75) is 44.9 Å². The maximum atomic E-state index is 9.37. The Morgan fingerprint density at radius 2 is 1.93 bits per heavy atom. The molecule has 1 heterocycles. The molecule has 3 nitrogen and oxygen atoms in total. The van der Waals surface area contributed by atoms with Gasteiger partial charge in [-0.1, -0.05) is 19.3 Å². The van der Waals surface area contributed by atoms with Crippen LogP contribution in [0.25, 0.3) is 0 Å². The molecule has 1 N–H and O–H groups in total. The summed E-state index contributed by atoms with van der Waals surface area (Å²) in [5.41, 5.74) is 0.859. The smallest absolute Gasteiger partial charge is 0.214 e. The number of nitrogens with zero attached hydrogens (tertiary/aromatic N) is 2. The molecule has 0 spiro atoms. The van der Waals surface area contributed by atoms with E-state index in [1.807, 2.05) is 6.92 Å². The number of rotatable bonds is 1. The van der Waals surface area contributed by atoms with Gasteiger partial charge < -0.3 is 5.11 Å². The molecule has 1 aromatic heterocycles. The second-order valence-corrected chi connectivity index (χ2v) is 4.06. The molecule has 1 aliphatic rings. The zero-order valence-electron chi connectivity index (χ0n) is 8.53. The van der Waals surface area contributed by atoms with Crippen molar-refractivity contribution in [3.05, 3.63) is 17.6 Å². The Kier molecular flexibility index (Phi) is 2.66. The number of hydrogen-bond acceptors (Lipinski definition) is 3. The van der Waals surface area contributed by atoms with Gasteiger partial charge in [0.25, 0.3) is 0 Å². The van der Waals surface area contributed by atoms with Crippen LogP contribution in [0.4, 0.5) is 0 Å². The van der Waals surface area contributed by atoms with E-state index in [2.05, 4.69) is 9.97 Å². The van der Waals surface area contributed by atoms with E-state index in [-0.39, 0.29) is 5.88 Å². The lowest BCUT2D eigenvalue weighted by molar-refractivity contribution is 0.409. The average Bonchev–Trinajstić information content (AvgIpc) is 2.18. The molecule has 1 aromatic rings. The maximum absolute atomic E-state index is 9.37. The first-order chi connectivity index (χ1) is 6.75. The number of aromatic nitrogens is 2. The molecule has 0 amide bonds. The van der Waals surface area contributed by atoms with E-state index in [9.17, 15) is 5.11 Å². The molecule has 0 radical (unpaired) electrons. The topological polar surface area (TPSA) is 46.0 Å². The van der Waals surface area contributed by atoms with Crippen LogP contribution in [0.5, 0.6) is 5.88 Å². The zero-order valence-corrected chi connectivity index (χ0v) is 8.53. The summed E-state index contributed by atoms with van der Waals surface area (Å²) in [6.07, 6.45) is 6.20. The highest BCUT2D eigenvalue weighted by Gasteiger charge is 2.18. The third kappa shape index (κ3) is 2.03. The molecule has 1 fully saturated rings. The first-order valence-electron chi connectivity index (χ1n) is 5.30. The summed E-state index contributed by atoms with van der Waals surface area (Å²) in [5, 5.41) is 9.37. The molecule has 1 aliphatic carbocycles. The van der Waals surface area contributed by atoms with Gasteiger partial charge in [-0.3, -0.25) is 0 Å². The van der Waals surface area contributed by atoms with Gasteiger partial charge in [0.15, 0.2) is 0 Å². The van der Waals surface area contributed by atoms with E-state index in [1.54, 1.807) is 6.07 Å². The lowest BCUT2D eigenvalue weighted by Gasteiger charge is -2.20.